The van der Waals surface area contributed by atoms with E-state index in [0.717, 1.165) is 22.4 Å². The molecule has 2 nitrogen and oxygen atoms in total. The standard InChI is InChI=1S/2C25H29OSi.C2H7Si.2ClH.Zr/c2*1-25(2,3)23-18-19-12-10-11-17-22(19)24(23)26-27(20-13-6-4-7-14-20)21-15-8-5-9-16-21;1-3-2;;;/h2*4-9,13-16,18,27H,10-12,17H2,1-3H3;3H,1-2H3;2*1H;/q2*-1;;;;+4/p-2. The molecule has 0 aromatic heterocycles. The number of benzene rings is 4. The van der Waals surface area contributed by atoms with Gasteiger partial charge in [-0.1, -0.05) is 227 Å². The molecule has 0 amide bonds. The molecular formula is C52H65Cl2O2Si3Zr. The van der Waals surface area contributed by atoms with Crippen molar-refractivity contribution in [2.75, 3.05) is 0 Å². The zero-order chi connectivity index (χ0) is 40.4. The molecule has 0 unspecified atom stereocenters. The van der Waals surface area contributed by atoms with Crippen LogP contribution < -0.4 is 54.4 Å². The first-order valence-electron chi connectivity index (χ1n) is 21.4. The predicted molar refractivity (Wildman–Crippen MR) is 253 cm³/mol. The van der Waals surface area contributed by atoms with Gasteiger partial charge in [-0.05, 0) is 43.1 Å². The summed E-state index contributed by atoms with van der Waals surface area (Å²) in [6.07, 6.45) is 9.88. The van der Waals surface area contributed by atoms with Gasteiger partial charge in [-0.2, -0.15) is 34.4 Å². The second-order valence-corrected chi connectivity index (χ2v) is 23.7. The van der Waals surface area contributed by atoms with Crippen molar-refractivity contribution in [3.63, 3.8) is 0 Å². The van der Waals surface area contributed by atoms with Gasteiger partial charge in [-0.15, -0.1) is 11.1 Å². The zero-order valence-electron chi connectivity index (χ0n) is 37.2. The Labute approximate surface area is 400 Å². The normalized spacial score (nSPS) is 13.1. The fraction of sp³-hybridized carbons (Fsp3) is 0.346. The van der Waals surface area contributed by atoms with Gasteiger partial charge in [0, 0.05) is 9.52 Å². The molecule has 6 aromatic carbocycles. The van der Waals surface area contributed by atoms with Gasteiger partial charge >= 0.3 is 26.2 Å². The van der Waals surface area contributed by atoms with E-state index in [1.54, 1.807) is 0 Å². The Morgan fingerprint density at radius 3 is 0.950 bits per heavy atom. The van der Waals surface area contributed by atoms with Crippen LogP contribution in [0.25, 0.3) is 0 Å². The van der Waals surface area contributed by atoms with E-state index in [0.29, 0.717) is 0 Å². The minimum absolute atomic E-state index is 0. The van der Waals surface area contributed by atoms with Crippen LogP contribution in [0.15, 0.2) is 133 Å². The average molecular weight is 968 g/mol. The molecule has 0 fully saturated rings. The number of aryl methyl sites for hydroxylation is 2. The molecule has 1 radical (unpaired) electrons. The first-order valence-corrected chi connectivity index (χ1v) is 27.0. The van der Waals surface area contributed by atoms with Crippen molar-refractivity contribution in [1.29, 1.82) is 0 Å². The molecule has 0 bridgehead atoms. The van der Waals surface area contributed by atoms with Crippen molar-refractivity contribution in [2.24, 2.45) is 0 Å². The van der Waals surface area contributed by atoms with E-state index in [2.05, 4.69) is 188 Å². The maximum absolute atomic E-state index is 7.02. The molecule has 2 aliphatic carbocycles. The SMILES string of the molecule is CC(C)(C)c1[cH-]c2c(c1O[SiH](c1ccccc1)c1ccccc1)CCCC2.CC(C)(C)c1[cH-]c2c(c1O[SiH](c1ccccc1)c1ccccc1)CCCC2.C[SiH]C.[Cl-].[Cl-].[Zr+4]. The molecule has 6 aromatic rings. The van der Waals surface area contributed by atoms with Crippen molar-refractivity contribution >= 4 is 48.3 Å². The van der Waals surface area contributed by atoms with Crippen molar-refractivity contribution in [3.8, 4) is 11.5 Å². The topological polar surface area (TPSA) is 18.5 Å². The monoisotopic (exact) mass is 965 g/mol. The largest absolute Gasteiger partial charge is 4.00 e. The summed E-state index contributed by atoms with van der Waals surface area (Å²) in [5.74, 6) is 2.39. The summed E-state index contributed by atoms with van der Waals surface area (Å²) in [7, 11) is -2.84. The summed E-state index contributed by atoms with van der Waals surface area (Å²) in [6.45, 7) is 18.3. The fourth-order valence-electron chi connectivity index (χ4n) is 8.29. The van der Waals surface area contributed by atoms with Crippen LogP contribution in [-0.4, -0.2) is 27.6 Å². The summed E-state index contributed by atoms with van der Waals surface area (Å²) in [6, 6.07) is 48.1. The number of fused-ring (bicyclic) bond motifs is 2. The second-order valence-electron chi connectivity index (χ2n) is 17.9. The van der Waals surface area contributed by atoms with Crippen LogP contribution in [0.4, 0.5) is 0 Å². The summed E-state index contributed by atoms with van der Waals surface area (Å²) in [4.78, 5) is 0. The molecule has 0 aliphatic heterocycles. The number of hydrogen-bond donors (Lipinski definition) is 0. The number of hydrogen-bond acceptors (Lipinski definition) is 2. The van der Waals surface area contributed by atoms with Crippen molar-refractivity contribution < 1.29 is 59.9 Å². The Morgan fingerprint density at radius 2 is 0.700 bits per heavy atom. The number of rotatable bonds is 8. The maximum Gasteiger partial charge on any atom is 4.00 e. The molecule has 0 saturated carbocycles. The molecule has 0 spiro atoms. The third-order valence-electron chi connectivity index (χ3n) is 11.2. The van der Waals surface area contributed by atoms with Crippen molar-refractivity contribution in [1.82, 2.24) is 0 Å². The van der Waals surface area contributed by atoms with Gasteiger partial charge in [0.1, 0.15) is 0 Å². The van der Waals surface area contributed by atoms with Crippen LogP contribution in [0.2, 0.25) is 13.1 Å². The Bertz CT molecular complexity index is 1890. The molecular weight excluding hydrogens is 903 g/mol. The molecule has 8 rings (SSSR count). The van der Waals surface area contributed by atoms with E-state index >= 15 is 0 Å². The summed E-state index contributed by atoms with van der Waals surface area (Å²) < 4.78 is 14.0. The Hall–Kier alpha value is -2.71. The number of halogens is 2. The molecule has 0 atom stereocenters. The minimum Gasteiger partial charge on any atom is -1.00 e. The van der Waals surface area contributed by atoms with Crippen molar-refractivity contribution in [2.45, 2.75) is 117 Å². The van der Waals surface area contributed by atoms with Gasteiger partial charge in [-0.25, -0.2) is 0 Å². The molecule has 315 valence electrons. The van der Waals surface area contributed by atoms with Crippen LogP contribution in [0.5, 0.6) is 11.5 Å². The first-order chi connectivity index (χ1) is 27.5. The van der Waals surface area contributed by atoms with Gasteiger partial charge in [0.25, 0.3) is 18.1 Å². The van der Waals surface area contributed by atoms with Gasteiger partial charge in [0.2, 0.25) is 0 Å². The molecule has 60 heavy (non-hydrogen) atoms. The molecule has 2 aliphatic rings. The van der Waals surface area contributed by atoms with Crippen LogP contribution in [0.3, 0.4) is 0 Å². The quantitative estimate of drug-likeness (QED) is 0.172. The Kier molecular flexibility index (Phi) is 20.8. The van der Waals surface area contributed by atoms with Crippen LogP contribution in [0, 0.1) is 0 Å². The zero-order valence-corrected chi connectivity index (χ0v) is 44.6. The fourth-order valence-corrected chi connectivity index (χ4v) is 12.9. The van der Waals surface area contributed by atoms with E-state index in [-0.39, 0.29) is 61.8 Å². The Morgan fingerprint density at radius 1 is 0.450 bits per heavy atom. The van der Waals surface area contributed by atoms with E-state index in [9.17, 15) is 0 Å². The van der Waals surface area contributed by atoms with E-state index in [4.69, 9.17) is 8.85 Å². The van der Waals surface area contributed by atoms with Gasteiger partial charge in [0.15, 0.2) is 0 Å². The minimum atomic E-state index is -1.79. The average Bonchev–Trinajstić information content (AvgIpc) is 3.80. The third-order valence-corrected chi connectivity index (χ3v) is 16.1. The third kappa shape index (κ3) is 13.2. The van der Waals surface area contributed by atoms with Crippen LogP contribution in [-0.2, 0) is 62.7 Å². The van der Waals surface area contributed by atoms with Crippen LogP contribution in [0.1, 0.15) is 101 Å². The molecule has 0 saturated heterocycles. The van der Waals surface area contributed by atoms with Gasteiger partial charge < -0.3 is 33.7 Å². The van der Waals surface area contributed by atoms with E-state index in [1.165, 1.54) is 104 Å². The van der Waals surface area contributed by atoms with Crippen LogP contribution >= 0.6 is 0 Å². The Balaban J connectivity index is 0.000000287. The predicted octanol–water partition coefficient (Wildman–Crippen LogP) is 3.52. The van der Waals surface area contributed by atoms with Gasteiger partial charge in [0.05, 0.1) is 0 Å². The smallest absolute Gasteiger partial charge is 1.00 e. The van der Waals surface area contributed by atoms with Gasteiger partial charge in [-0.3, -0.25) is 0 Å². The summed E-state index contributed by atoms with van der Waals surface area (Å²) >= 11 is 0. The summed E-state index contributed by atoms with van der Waals surface area (Å²) in [5, 5.41) is 5.37. The van der Waals surface area contributed by atoms with E-state index < -0.39 is 18.1 Å². The molecule has 8 heteroatoms. The maximum atomic E-state index is 7.02. The molecule has 0 N–H and O–H groups in total. The van der Waals surface area contributed by atoms with Crippen molar-refractivity contribution in [3.05, 3.63) is 167 Å². The second kappa shape index (κ2) is 24.2. The summed E-state index contributed by atoms with van der Waals surface area (Å²) in [5.41, 5.74) is 8.98. The molecule has 0 heterocycles. The van der Waals surface area contributed by atoms with E-state index in [1.807, 2.05) is 0 Å². The first kappa shape index (κ1) is 51.6.